The zero-order valence-electron chi connectivity index (χ0n) is 15.3. The first-order chi connectivity index (χ1) is 12.8. The van der Waals surface area contributed by atoms with Gasteiger partial charge in [-0.3, -0.25) is 4.79 Å². The molecule has 3 N–H and O–H groups in total. The quantitative estimate of drug-likeness (QED) is 0.637. The number of ketones is 1. The molecule has 0 fully saturated rings. The summed E-state index contributed by atoms with van der Waals surface area (Å²) in [4.78, 5) is 24.3. The maximum atomic E-state index is 12.3. The van der Waals surface area contributed by atoms with Crippen LogP contribution in [-0.2, 0) is 4.79 Å². The van der Waals surface area contributed by atoms with Crippen LogP contribution in [0.4, 0.5) is 21.9 Å². The molecule has 140 valence electrons. The van der Waals surface area contributed by atoms with E-state index in [1.807, 2.05) is 18.2 Å². The second-order valence-electron chi connectivity index (χ2n) is 7.41. The predicted octanol–water partition coefficient (Wildman–Crippen LogP) is 5.67. The fourth-order valence-corrected chi connectivity index (χ4v) is 3.24. The molecule has 0 atom stereocenters. The summed E-state index contributed by atoms with van der Waals surface area (Å²) in [6, 6.07) is 13.9. The van der Waals surface area contributed by atoms with Crippen molar-refractivity contribution in [3.63, 3.8) is 0 Å². The Morgan fingerprint density at radius 3 is 2.30 bits per heavy atom. The van der Waals surface area contributed by atoms with Crippen molar-refractivity contribution in [2.45, 2.75) is 26.7 Å². The number of allylic oxidation sites excluding steroid dienone is 2. The van der Waals surface area contributed by atoms with Gasteiger partial charge in [-0.25, -0.2) is 4.79 Å². The van der Waals surface area contributed by atoms with E-state index in [4.69, 9.17) is 11.6 Å². The first kappa shape index (κ1) is 19.0. The molecule has 0 saturated carbocycles. The van der Waals surface area contributed by atoms with Crippen molar-refractivity contribution in [3.8, 4) is 0 Å². The Hall–Kier alpha value is -2.79. The van der Waals surface area contributed by atoms with Gasteiger partial charge in [-0.2, -0.15) is 0 Å². The van der Waals surface area contributed by atoms with Crippen LogP contribution in [0.15, 0.2) is 60.3 Å². The second-order valence-corrected chi connectivity index (χ2v) is 7.85. The normalized spacial score (nSPS) is 15.7. The molecule has 2 amide bonds. The lowest BCUT2D eigenvalue weighted by molar-refractivity contribution is -0.117. The van der Waals surface area contributed by atoms with Crippen molar-refractivity contribution in [2.24, 2.45) is 5.41 Å². The van der Waals surface area contributed by atoms with Crippen LogP contribution in [0.3, 0.4) is 0 Å². The number of hydrogen-bond acceptors (Lipinski definition) is 3. The Bertz CT molecular complexity index is 889. The molecule has 3 rings (SSSR count). The van der Waals surface area contributed by atoms with Gasteiger partial charge in [0, 0.05) is 28.9 Å². The molecule has 2 aromatic rings. The number of carbonyl (C=O) groups excluding carboxylic acids is 2. The van der Waals surface area contributed by atoms with Gasteiger partial charge in [0.25, 0.3) is 0 Å². The van der Waals surface area contributed by atoms with Crippen molar-refractivity contribution in [3.05, 3.63) is 65.3 Å². The molecule has 0 saturated heterocycles. The summed E-state index contributed by atoms with van der Waals surface area (Å²) in [5, 5.41) is 9.50. The number of anilines is 3. The van der Waals surface area contributed by atoms with Gasteiger partial charge in [-0.1, -0.05) is 37.6 Å². The van der Waals surface area contributed by atoms with Gasteiger partial charge >= 0.3 is 6.03 Å². The standard InChI is InChI=1S/C21H22ClN3O2/c1-21(2)12-16(11-17(26)13-21)23-18-5-3-4-6-19(18)25-20(27)24-15-9-7-14(22)8-10-15/h3-11,23H,12-13H2,1-2H3,(H2,24,25,27). The Morgan fingerprint density at radius 2 is 1.63 bits per heavy atom. The second kappa shape index (κ2) is 7.84. The third kappa shape index (κ3) is 5.34. The molecule has 0 spiro atoms. The highest BCUT2D eigenvalue weighted by Crippen LogP contribution is 2.35. The number of urea groups is 1. The van der Waals surface area contributed by atoms with Gasteiger partial charge < -0.3 is 16.0 Å². The number of benzene rings is 2. The Morgan fingerprint density at radius 1 is 0.963 bits per heavy atom. The number of carbonyl (C=O) groups is 2. The molecule has 2 aromatic carbocycles. The maximum absolute atomic E-state index is 12.3. The van der Waals surface area contributed by atoms with E-state index in [9.17, 15) is 9.59 Å². The zero-order chi connectivity index (χ0) is 19.4. The van der Waals surface area contributed by atoms with Crippen molar-refractivity contribution in [2.75, 3.05) is 16.0 Å². The highest BCUT2D eigenvalue weighted by molar-refractivity contribution is 6.30. The lowest BCUT2D eigenvalue weighted by Gasteiger charge is -2.29. The highest BCUT2D eigenvalue weighted by Gasteiger charge is 2.27. The van der Waals surface area contributed by atoms with Crippen molar-refractivity contribution >= 4 is 40.5 Å². The van der Waals surface area contributed by atoms with Crippen LogP contribution in [0.5, 0.6) is 0 Å². The monoisotopic (exact) mass is 383 g/mol. The molecule has 0 radical (unpaired) electrons. The molecule has 6 heteroatoms. The molecular formula is C21H22ClN3O2. The van der Waals surface area contributed by atoms with Gasteiger partial charge in [0.05, 0.1) is 11.4 Å². The minimum atomic E-state index is -0.361. The van der Waals surface area contributed by atoms with Gasteiger partial charge in [0.2, 0.25) is 0 Å². The molecule has 0 bridgehead atoms. The number of amides is 2. The average molecular weight is 384 g/mol. The topological polar surface area (TPSA) is 70.2 Å². The Kier molecular flexibility index (Phi) is 5.51. The van der Waals surface area contributed by atoms with E-state index in [-0.39, 0.29) is 17.2 Å². The van der Waals surface area contributed by atoms with E-state index in [0.29, 0.717) is 22.8 Å². The highest BCUT2D eigenvalue weighted by atomic mass is 35.5. The molecule has 1 aliphatic carbocycles. The van der Waals surface area contributed by atoms with E-state index < -0.39 is 0 Å². The number of para-hydroxylation sites is 2. The van der Waals surface area contributed by atoms with Gasteiger partial charge in [-0.05, 0) is 48.2 Å². The smallest absolute Gasteiger partial charge is 0.323 e. The summed E-state index contributed by atoms with van der Waals surface area (Å²) in [6.07, 6.45) is 2.96. The summed E-state index contributed by atoms with van der Waals surface area (Å²) < 4.78 is 0. The number of halogens is 1. The van der Waals surface area contributed by atoms with Gasteiger partial charge in [0.1, 0.15) is 0 Å². The lowest BCUT2D eigenvalue weighted by Crippen LogP contribution is -2.25. The Labute approximate surface area is 163 Å². The molecule has 0 heterocycles. The molecule has 5 nitrogen and oxygen atoms in total. The number of hydrogen-bond donors (Lipinski definition) is 3. The van der Waals surface area contributed by atoms with Crippen LogP contribution >= 0.6 is 11.6 Å². The van der Waals surface area contributed by atoms with Crippen LogP contribution in [-0.4, -0.2) is 11.8 Å². The largest absolute Gasteiger partial charge is 0.357 e. The maximum Gasteiger partial charge on any atom is 0.323 e. The predicted molar refractivity (Wildman–Crippen MR) is 110 cm³/mol. The first-order valence-electron chi connectivity index (χ1n) is 8.74. The summed E-state index contributed by atoms with van der Waals surface area (Å²) >= 11 is 5.86. The molecule has 27 heavy (non-hydrogen) atoms. The molecule has 0 unspecified atom stereocenters. The number of nitrogens with one attached hydrogen (secondary N) is 3. The van der Waals surface area contributed by atoms with Gasteiger partial charge in [0.15, 0.2) is 5.78 Å². The molecule has 0 aromatic heterocycles. The third-order valence-electron chi connectivity index (χ3n) is 4.23. The van der Waals surface area contributed by atoms with E-state index in [1.54, 1.807) is 36.4 Å². The van der Waals surface area contributed by atoms with Crippen LogP contribution in [0.1, 0.15) is 26.7 Å². The summed E-state index contributed by atoms with van der Waals surface area (Å²) in [5.74, 6) is 0.111. The number of rotatable bonds is 4. The van der Waals surface area contributed by atoms with Crippen LogP contribution in [0.25, 0.3) is 0 Å². The van der Waals surface area contributed by atoms with Crippen LogP contribution < -0.4 is 16.0 Å². The molecular weight excluding hydrogens is 362 g/mol. The summed E-state index contributed by atoms with van der Waals surface area (Å²) in [7, 11) is 0. The van der Waals surface area contributed by atoms with Crippen LogP contribution in [0.2, 0.25) is 5.02 Å². The fraction of sp³-hybridized carbons (Fsp3) is 0.238. The van der Waals surface area contributed by atoms with Crippen molar-refractivity contribution in [1.82, 2.24) is 0 Å². The molecule has 1 aliphatic rings. The van der Waals surface area contributed by atoms with Crippen molar-refractivity contribution in [1.29, 1.82) is 0 Å². The Balaban J connectivity index is 1.71. The average Bonchev–Trinajstić information content (AvgIpc) is 2.57. The van der Waals surface area contributed by atoms with Crippen LogP contribution in [0, 0.1) is 5.41 Å². The van der Waals surface area contributed by atoms with E-state index in [0.717, 1.165) is 17.8 Å². The minimum Gasteiger partial charge on any atom is -0.357 e. The SMILES string of the molecule is CC1(C)CC(=O)C=C(Nc2ccccc2NC(=O)Nc2ccc(Cl)cc2)C1. The van der Waals surface area contributed by atoms with E-state index >= 15 is 0 Å². The summed E-state index contributed by atoms with van der Waals surface area (Å²) in [6.45, 7) is 4.15. The van der Waals surface area contributed by atoms with Gasteiger partial charge in [-0.15, -0.1) is 0 Å². The minimum absolute atomic E-state index is 0.0809. The molecule has 0 aliphatic heterocycles. The van der Waals surface area contributed by atoms with Crippen molar-refractivity contribution < 1.29 is 9.59 Å². The third-order valence-corrected chi connectivity index (χ3v) is 4.48. The van der Waals surface area contributed by atoms with E-state index in [1.165, 1.54) is 0 Å². The first-order valence-corrected chi connectivity index (χ1v) is 9.12. The fourth-order valence-electron chi connectivity index (χ4n) is 3.12. The lowest BCUT2D eigenvalue weighted by atomic mass is 9.79. The summed E-state index contributed by atoms with van der Waals surface area (Å²) in [5.41, 5.74) is 2.78. The van der Waals surface area contributed by atoms with E-state index in [2.05, 4.69) is 29.8 Å². The zero-order valence-corrected chi connectivity index (χ0v) is 16.1.